The highest BCUT2D eigenvalue weighted by Gasteiger charge is 2.04. The van der Waals surface area contributed by atoms with Crippen LogP contribution in [0.5, 0.6) is 5.75 Å². The van der Waals surface area contributed by atoms with Gasteiger partial charge in [0.1, 0.15) is 5.75 Å². The van der Waals surface area contributed by atoms with Crippen LogP contribution in [0.2, 0.25) is 0 Å². The van der Waals surface area contributed by atoms with Gasteiger partial charge >= 0.3 is 0 Å². The largest absolute Gasteiger partial charge is 0.497 e. The monoisotopic (exact) mass is 327 g/mol. The summed E-state index contributed by atoms with van der Waals surface area (Å²) in [5, 5.41) is 8.70. The molecule has 0 saturated heterocycles. The SMILES string of the molecule is COc1cccc(NC(=O)CCNc2cccc(NC(C)=O)c2)c1. The van der Waals surface area contributed by atoms with Gasteiger partial charge in [-0.1, -0.05) is 12.1 Å². The maximum absolute atomic E-state index is 12.0. The lowest BCUT2D eigenvalue weighted by Gasteiger charge is -2.10. The molecule has 0 unspecified atom stereocenters. The van der Waals surface area contributed by atoms with E-state index in [9.17, 15) is 9.59 Å². The molecule has 126 valence electrons. The van der Waals surface area contributed by atoms with Gasteiger partial charge in [-0.15, -0.1) is 0 Å². The summed E-state index contributed by atoms with van der Waals surface area (Å²) in [7, 11) is 1.58. The molecule has 0 bridgehead atoms. The Morgan fingerprint density at radius 2 is 1.62 bits per heavy atom. The standard InChI is InChI=1S/C18H21N3O3/c1-13(22)20-15-6-3-5-14(11-15)19-10-9-18(23)21-16-7-4-8-17(12-16)24-2/h3-8,11-12,19H,9-10H2,1-2H3,(H,20,22)(H,21,23). The number of nitrogens with one attached hydrogen (secondary N) is 3. The van der Waals surface area contributed by atoms with E-state index >= 15 is 0 Å². The van der Waals surface area contributed by atoms with Crippen molar-refractivity contribution in [3.63, 3.8) is 0 Å². The van der Waals surface area contributed by atoms with Crippen LogP contribution >= 0.6 is 0 Å². The second-order valence-corrected chi connectivity index (χ2v) is 5.22. The van der Waals surface area contributed by atoms with Crippen molar-refractivity contribution in [1.82, 2.24) is 0 Å². The van der Waals surface area contributed by atoms with Crippen molar-refractivity contribution in [1.29, 1.82) is 0 Å². The summed E-state index contributed by atoms with van der Waals surface area (Å²) < 4.78 is 5.12. The first-order valence-corrected chi connectivity index (χ1v) is 7.62. The Kier molecular flexibility index (Phi) is 6.19. The van der Waals surface area contributed by atoms with Crippen LogP contribution in [0.15, 0.2) is 48.5 Å². The number of hydrogen-bond acceptors (Lipinski definition) is 4. The number of ether oxygens (including phenoxy) is 1. The maximum atomic E-state index is 12.0. The number of anilines is 3. The Bertz CT molecular complexity index is 716. The van der Waals surface area contributed by atoms with Crippen molar-refractivity contribution >= 4 is 28.9 Å². The number of hydrogen-bond donors (Lipinski definition) is 3. The molecule has 6 heteroatoms. The average Bonchev–Trinajstić information content (AvgIpc) is 2.55. The van der Waals surface area contributed by atoms with E-state index in [2.05, 4.69) is 16.0 Å². The molecule has 0 spiro atoms. The van der Waals surface area contributed by atoms with Gasteiger partial charge in [-0.2, -0.15) is 0 Å². The molecule has 6 nitrogen and oxygen atoms in total. The second-order valence-electron chi connectivity index (χ2n) is 5.22. The lowest BCUT2D eigenvalue weighted by atomic mass is 10.2. The van der Waals surface area contributed by atoms with Crippen LogP contribution in [-0.2, 0) is 9.59 Å². The third-order valence-corrected chi connectivity index (χ3v) is 3.22. The number of amides is 2. The zero-order valence-corrected chi connectivity index (χ0v) is 13.8. The molecule has 0 aromatic heterocycles. The molecular formula is C18H21N3O3. The third kappa shape index (κ3) is 5.64. The molecule has 24 heavy (non-hydrogen) atoms. The van der Waals surface area contributed by atoms with Crippen molar-refractivity contribution in [3.8, 4) is 5.75 Å². The van der Waals surface area contributed by atoms with Gasteiger partial charge < -0.3 is 20.7 Å². The minimum Gasteiger partial charge on any atom is -0.497 e. The Hall–Kier alpha value is -3.02. The predicted molar refractivity (Wildman–Crippen MR) is 95.5 cm³/mol. The van der Waals surface area contributed by atoms with Crippen molar-refractivity contribution in [2.24, 2.45) is 0 Å². The zero-order chi connectivity index (χ0) is 17.4. The Morgan fingerprint density at radius 1 is 0.958 bits per heavy atom. The van der Waals surface area contributed by atoms with E-state index in [4.69, 9.17) is 4.74 Å². The van der Waals surface area contributed by atoms with Gasteiger partial charge in [0.2, 0.25) is 11.8 Å². The molecule has 2 aromatic rings. The van der Waals surface area contributed by atoms with E-state index in [-0.39, 0.29) is 11.8 Å². The second kappa shape index (κ2) is 8.57. The first-order chi connectivity index (χ1) is 11.6. The molecule has 0 heterocycles. The minimum absolute atomic E-state index is 0.0891. The molecule has 2 rings (SSSR count). The number of rotatable bonds is 7. The van der Waals surface area contributed by atoms with Crippen LogP contribution in [0, 0.1) is 0 Å². The summed E-state index contributed by atoms with van der Waals surface area (Å²) in [4.78, 5) is 23.0. The Labute approximate surface area is 141 Å². The van der Waals surface area contributed by atoms with Crippen LogP contribution < -0.4 is 20.7 Å². The van der Waals surface area contributed by atoms with Gasteiger partial charge in [0.25, 0.3) is 0 Å². The van der Waals surface area contributed by atoms with E-state index < -0.39 is 0 Å². The van der Waals surface area contributed by atoms with Gasteiger partial charge in [-0.3, -0.25) is 9.59 Å². The smallest absolute Gasteiger partial charge is 0.226 e. The van der Waals surface area contributed by atoms with Gasteiger partial charge in [0, 0.05) is 43.0 Å². The fourth-order valence-electron chi connectivity index (χ4n) is 2.15. The molecule has 0 radical (unpaired) electrons. The minimum atomic E-state index is -0.121. The quantitative estimate of drug-likeness (QED) is 0.730. The number of carbonyl (C=O) groups excluding carboxylic acids is 2. The highest BCUT2D eigenvalue weighted by atomic mass is 16.5. The van der Waals surface area contributed by atoms with Crippen LogP contribution in [0.3, 0.4) is 0 Å². The molecule has 2 amide bonds. The highest BCUT2D eigenvalue weighted by Crippen LogP contribution is 2.17. The van der Waals surface area contributed by atoms with Crippen molar-refractivity contribution in [2.75, 3.05) is 29.6 Å². The van der Waals surface area contributed by atoms with E-state index in [0.29, 0.717) is 30.1 Å². The summed E-state index contributed by atoms with van der Waals surface area (Å²) in [5.74, 6) is 0.485. The Morgan fingerprint density at radius 3 is 2.33 bits per heavy atom. The van der Waals surface area contributed by atoms with E-state index in [1.165, 1.54) is 6.92 Å². The maximum Gasteiger partial charge on any atom is 0.226 e. The molecule has 0 fully saturated rings. The normalized spacial score (nSPS) is 9.92. The summed E-state index contributed by atoms with van der Waals surface area (Å²) in [5.41, 5.74) is 2.26. The molecule has 3 N–H and O–H groups in total. The van der Waals surface area contributed by atoms with Crippen molar-refractivity contribution in [2.45, 2.75) is 13.3 Å². The number of benzene rings is 2. The fourth-order valence-corrected chi connectivity index (χ4v) is 2.15. The number of methoxy groups -OCH3 is 1. The third-order valence-electron chi connectivity index (χ3n) is 3.22. The number of carbonyl (C=O) groups is 2. The first kappa shape index (κ1) is 17.3. The Balaban J connectivity index is 1.81. The fraction of sp³-hybridized carbons (Fsp3) is 0.222. The lowest BCUT2D eigenvalue weighted by molar-refractivity contribution is -0.116. The van der Waals surface area contributed by atoms with Crippen molar-refractivity contribution in [3.05, 3.63) is 48.5 Å². The molecule has 0 aliphatic carbocycles. The molecule has 0 aliphatic rings. The topological polar surface area (TPSA) is 79.5 Å². The van der Waals surface area contributed by atoms with Gasteiger partial charge in [-0.05, 0) is 30.3 Å². The van der Waals surface area contributed by atoms with E-state index in [0.717, 1.165) is 5.69 Å². The highest BCUT2D eigenvalue weighted by molar-refractivity contribution is 5.91. The van der Waals surface area contributed by atoms with Crippen LogP contribution in [0.25, 0.3) is 0 Å². The van der Waals surface area contributed by atoms with Crippen molar-refractivity contribution < 1.29 is 14.3 Å². The van der Waals surface area contributed by atoms with Crippen LogP contribution in [0.4, 0.5) is 17.1 Å². The average molecular weight is 327 g/mol. The summed E-state index contributed by atoms with van der Waals surface area (Å²) >= 11 is 0. The summed E-state index contributed by atoms with van der Waals surface area (Å²) in [6.45, 7) is 1.95. The van der Waals surface area contributed by atoms with E-state index in [1.54, 1.807) is 13.2 Å². The molecule has 0 atom stereocenters. The van der Waals surface area contributed by atoms with Gasteiger partial charge in [-0.25, -0.2) is 0 Å². The summed E-state index contributed by atoms with van der Waals surface area (Å²) in [6.07, 6.45) is 0.321. The van der Waals surface area contributed by atoms with Gasteiger partial charge in [0.05, 0.1) is 7.11 Å². The molecular weight excluding hydrogens is 306 g/mol. The van der Waals surface area contributed by atoms with E-state index in [1.807, 2.05) is 42.5 Å². The predicted octanol–water partition coefficient (Wildman–Crippen LogP) is 3.09. The van der Waals surface area contributed by atoms with Gasteiger partial charge in [0.15, 0.2) is 0 Å². The molecule has 0 saturated carbocycles. The van der Waals surface area contributed by atoms with Crippen LogP contribution in [0.1, 0.15) is 13.3 Å². The molecule has 0 aliphatic heterocycles. The molecule has 2 aromatic carbocycles. The lowest BCUT2D eigenvalue weighted by Crippen LogP contribution is -2.16. The summed E-state index contributed by atoms with van der Waals surface area (Å²) in [6, 6.07) is 14.6. The zero-order valence-electron chi connectivity index (χ0n) is 13.8. The first-order valence-electron chi connectivity index (χ1n) is 7.62. The van der Waals surface area contributed by atoms with Crippen LogP contribution in [-0.4, -0.2) is 25.5 Å².